The molecule has 0 saturated heterocycles. The molecule has 1 aliphatic rings. The third-order valence-electron chi connectivity index (χ3n) is 2.60. The normalized spacial score (nSPS) is 14.6. The first-order valence-electron chi connectivity index (χ1n) is 5.25. The second-order valence-electron chi connectivity index (χ2n) is 3.72. The molecule has 0 bridgehead atoms. The standard InChI is InChI=1S/C12H16O2/c13-7-1-3-10-5-6-11-4-2-8-14-12(11)9-10/h5-6,9,13H,1-4,7-8H2. The number of aryl methyl sites for hydroxylation is 2. The van der Waals surface area contributed by atoms with Crippen molar-refractivity contribution in [2.45, 2.75) is 25.7 Å². The van der Waals surface area contributed by atoms with Gasteiger partial charge in [-0.3, -0.25) is 0 Å². The molecule has 0 radical (unpaired) electrons. The maximum absolute atomic E-state index is 8.73. The molecule has 0 atom stereocenters. The van der Waals surface area contributed by atoms with Crippen LogP contribution >= 0.6 is 0 Å². The number of aliphatic hydroxyl groups excluding tert-OH is 1. The number of rotatable bonds is 3. The molecule has 0 fully saturated rings. The molecule has 0 aliphatic carbocycles. The Kier molecular flexibility index (Phi) is 3.04. The number of ether oxygens (including phenoxy) is 1. The van der Waals surface area contributed by atoms with Crippen molar-refractivity contribution in [3.05, 3.63) is 29.3 Å². The first-order chi connectivity index (χ1) is 6.90. The average molecular weight is 192 g/mol. The van der Waals surface area contributed by atoms with Crippen LogP contribution in [0.1, 0.15) is 24.0 Å². The molecule has 0 aromatic heterocycles. The van der Waals surface area contributed by atoms with Gasteiger partial charge < -0.3 is 9.84 Å². The predicted octanol–water partition coefficient (Wildman–Crippen LogP) is 1.94. The smallest absolute Gasteiger partial charge is 0.122 e. The Morgan fingerprint density at radius 3 is 3.14 bits per heavy atom. The summed E-state index contributed by atoms with van der Waals surface area (Å²) in [5.74, 6) is 1.05. The van der Waals surface area contributed by atoms with E-state index < -0.39 is 0 Å². The van der Waals surface area contributed by atoms with E-state index in [-0.39, 0.29) is 6.61 Å². The summed E-state index contributed by atoms with van der Waals surface area (Å²) in [5, 5.41) is 8.73. The largest absolute Gasteiger partial charge is 0.493 e. The van der Waals surface area contributed by atoms with Crippen LogP contribution in [0.2, 0.25) is 0 Å². The molecule has 0 saturated carbocycles. The van der Waals surface area contributed by atoms with Crippen molar-refractivity contribution in [1.29, 1.82) is 0 Å². The van der Waals surface area contributed by atoms with E-state index in [2.05, 4.69) is 18.2 Å². The second-order valence-corrected chi connectivity index (χ2v) is 3.72. The zero-order valence-electron chi connectivity index (χ0n) is 8.33. The lowest BCUT2D eigenvalue weighted by atomic mass is 10.0. The summed E-state index contributed by atoms with van der Waals surface area (Å²) in [4.78, 5) is 0. The highest BCUT2D eigenvalue weighted by Crippen LogP contribution is 2.26. The van der Waals surface area contributed by atoms with Gasteiger partial charge in [0.05, 0.1) is 6.61 Å². The lowest BCUT2D eigenvalue weighted by Crippen LogP contribution is -2.08. The molecule has 0 amide bonds. The minimum Gasteiger partial charge on any atom is -0.493 e. The fourth-order valence-corrected chi connectivity index (χ4v) is 1.82. The maximum atomic E-state index is 8.73. The molecule has 0 spiro atoms. The van der Waals surface area contributed by atoms with Crippen LogP contribution in [-0.2, 0) is 12.8 Å². The molecule has 14 heavy (non-hydrogen) atoms. The summed E-state index contributed by atoms with van der Waals surface area (Å²) < 4.78 is 5.58. The second kappa shape index (κ2) is 4.47. The van der Waals surface area contributed by atoms with E-state index in [1.54, 1.807) is 0 Å². The molecule has 2 heteroatoms. The third-order valence-corrected chi connectivity index (χ3v) is 2.60. The van der Waals surface area contributed by atoms with Gasteiger partial charge in [0.25, 0.3) is 0 Å². The monoisotopic (exact) mass is 192 g/mol. The Morgan fingerprint density at radius 1 is 1.36 bits per heavy atom. The molecule has 1 aromatic carbocycles. The summed E-state index contributed by atoms with van der Waals surface area (Å²) in [6.07, 6.45) is 4.03. The minimum atomic E-state index is 0.262. The van der Waals surface area contributed by atoms with Crippen molar-refractivity contribution < 1.29 is 9.84 Å². The molecule has 2 nitrogen and oxygen atoms in total. The van der Waals surface area contributed by atoms with Gasteiger partial charge in [-0.05, 0) is 42.9 Å². The molecule has 1 heterocycles. The number of benzene rings is 1. The van der Waals surface area contributed by atoms with Gasteiger partial charge in [-0.2, -0.15) is 0 Å². The summed E-state index contributed by atoms with van der Waals surface area (Å²) in [7, 11) is 0. The first-order valence-corrected chi connectivity index (χ1v) is 5.25. The topological polar surface area (TPSA) is 29.5 Å². The van der Waals surface area contributed by atoms with Crippen molar-refractivity contribution in [3.8, 4) is 5.75 Å². The quantitative estimate of drug-likeness (QED) is 0.793. The van der Waals surface area contributed by atoms with Gasteiger partial charge in [-0.15, -0.1) is 0 Å². The Labute approximate surface area is 84.5 Å². The van der Waals surface area contributed by atoms with Gasteiger partial charge in [-0.25, -0.2) is 0 Å². The highest BCUT2D eigenvalue weighted by atomic mass is 16.5. The molecule has 76 valence electrons. The molecule has 0 unspecified atom stereocenters. The van der Waals surface area contributed by atoms with Crippen LogP contribution < -0.4 is 4.74 Å². The van der Waals surface area contributed by atoms with Crippen LogP contribution in [-0.4, -0.2) is 18.3 Å². The van der Waals surface area contributed by atoms with Crippen LogP contribution in [0.25, 0.3) is 0 Å². The van der Waals surface area contributed by atoms with E-state index in [0.717, 1.165) is 38.0 Å². The fourth-order valence-electron chi connectivity index (χ4n) is 1.82. The van der Waals surface area contributed by atoms with Gasteiger partial charge in [0.15, 0.2) is 0 Å². The van der Waals surface area contributed by atoms with Crippen LogP contribution in [0.15, 0.2) is 18.2 Å². The third kappa shape index (κ3) is 2.07. The molecule has 1 aromatic rings. The number of aliphatic hydroxyl groups is 1. The highest BCUT2D eigenvalue weighted by Gasteiger charge is 2.09. The van der Waals surface area contributed by atoms with Crippen molar-refractivity contribution in [2.24, 2.45) is 0 Å². The lowest BCUT2D eigenvalue weighted by Gasteiger charge is -2.17. The molecular weight excluding hydrogens is 176 g/mol. The lowest BCUT2D eigenvalue weighted by molar-refractivity contribution is 0.284. The van der Waals surface area contributed by atoms with Gasteiger partial charge in [0, 0.05) is 6.61 Å². The van der Waals surface area contributed by atoms with Gasteiger partial charge in [-0.1, -0.05) is 12.1 Å². The van der Waals surface area contributed by atoms with Crippen molar-refractivity contribution in [3.63, 3.8) is 0 Å². The Hall–Kier alpha value is -1.02. The summed E-state index contributed by atoms with van der Waals surface area (Å²) in [5.41, 5.74) is 2.59. The van der Waals surface area contributed by atoms with E-state index in [9.17, 15) is 0 Å². The summed E-state index contributed by atoms with van der Waals surface area (Å²) in [6.45, 7) is 1.11. The number of hydrogen-bond donors (Lipinski definition) is 1. The summed E-state index contributed by atoms with van der Waals surface area (Å²) >= 11 is 0. The predicted molar refractivity (Wildman–Crippen MR) is 55.7 cm³/mol. The Bertz CT molecular complexity index is 307. The zero-order valence-corrected chi connectivity index (χ0v) is 8.33. The van der Waals surface area contributed by atoms with Crippen LogP contribution in [0.4, 0.5) is 0 Å². The minimum absolute atomic E-state index is 0.262. The fraction of sp³-hybridized carbons (Fsp3) is 0.500. The average Bonchev–Trinajstić information content (AvgIpc) is 2.26. The number of fused-ring (bicyclic) bond motifs is 1. The summed E-state index contributed by atoms with van der Waals surface area (Å²) in [6, 6.07) is 6.41. The zero-order chi connectivity index (χ0) is 9.80. The molecular formula is C12H16O2. The molecule has 2 rings (SSSR count). The SMILES string of the molecule is OCCCc1ccc2c(c1)OCCC2. The van der Waals surface area contributed by atoms with Crippen LogP contribution in [0.3, 0.4) is 0 Å². The van der Waals surface area contributed by atoms with Crippen molar-refractivity contribution in [1.82, 2.24) is 0 Å². The molecule has 1 aliphatic heterocycles. The van der Waals surface area contributed by atoms with E-state index in [0.29, 0.717) is 0 Å². The Balaban J connectivity index is 2.12. The van der Waals surface area contributed by atoms with Crippen LogP contribution in [0.5, 0.6) is 5.75 Å². The maximum Gasteiger partial charge on any atom is 0.122 e. The van der Waals surface area contributed by atoms with Gasteiger partial charge in [0.1, 0.15) is 5.75 Å². The number of hydrogen-bond acceptors (Lipinski definition) is 2. The van der Waals surface area contributed by atoms with E-state index >= 15 is 0 Å². The van der Waals surface area contributed by atoms with Crippen molar-refractivity contribution in [2.75, 3.05) is 13.2 Å². The van der Waals surface area contributed by atoms with Crippen molar-refractivity contribution >= 4 is 0 Å². The van der Waals surface area contributed by atoms with E-state index in [4.69, 9.17) is 9.84 Å². The van der Waals surface area contributed by atoms with E-state index in [1.165, 1.54) is 11.1 Å². The van der Waals surface area contributed by atoms with E-state index in [1.807, 2.05) is 0 Å². The highest BCUT2D eigenvalue weighted by molar-refractivity contribution is 5.38. The first kappa shape index (κ1) is 9.53. The molecule has 1 N–H and O–H groups in total. The Morgan fingerprint density at radius 2 is 2.29 bits per heavy atom. The van der Waals surface area contributed by atoms with Crippen LogP contribution in [0, 0.1) is 0 Å². The van der Waals surface area contributed by atoms with Gasteiger partial charge in [0.2, 0.25) is 0 Å². The van der Waals surface area contributed by atoms with Gasteiger partial charge >= 0.3 is 0 Å².